The van der Waals surface area contributed by atoms with E-state index in [1.807, 2.05) is 41.8 Å². The fraction of sp³-hybridized carbons (Fsp3) is 0.154. The molecule has 1 amide bonds. The van der Waals surface area contributed by atoms with E-state index in [-0.39, 0.29) is 18.2 Å². The smallest absolute Gasteiger partial charge is 0.226 e. The molecule has 4 nitrogen and oxygen atoms in total. The summed E-state index contributed by atoms with van der Waals surface area (Å²) in [5.74, 6) is 0.218. The highest BCUT2D eigenvalue weighted by molar-refractivity contribution is 7.13. The largest absolute Gasteiger partial charge is 0.356 e. The van der Waals surface area contributed by atoms with Crippen LogP contribution in [0.1, 0.15) is 29.2 Å². The van der Waals surface area contributed by atoms with Gasteiger partial charge >= 0.3 is 0 Å². The van der Waals surface area contributed by atoms with Crippen LogP contribution in [-0.2, 0) is 11.2 Å². The van der Waals surface area contributed by atoms with E-state index in [1.54, 1.807) is 0 Å². The van der Waals surface area contributed by atoms with Gasteiger partial charge in [0.2, 0.25) is 5.91 Å². The van der Waals surface area contributed by atoms with E-state index in [0.717, 1.165) is 22.9 Å². The topological polar surface area (TPSA) is 54.0 Å². The molecule has 0 aliphatic heterocycles. The first kappa shape index (κ1) is 22.1. The molecule has 0 saturated heterocycles. The quantitative estimate of drug-likeness (QED) is 0.302. The molecule has 0 aliphatic carbocycles. The van der Waals surface area contributed by atoms with Gasteiger partial charge in [-0.15, -0.1) is 11.3 Å². The molecule has 32 heavy (non-hydrogen) atoms. The van der Waals surface area contributed by atoms with Crippen LogP contribution in [0.2, 0.25) is 5.02 Å². The molecule has 0 unspecified atom stereocenters. The third kappa shape index (κ3) is 6.19. The van der Waals surface area contributed by atoms with E-state index in [9.17, 15) is 4.79 Å². The van der Waals surface area contributed by atoms with E-state index in [4.69, 9.17) is 11.6 Å². The van der Waals surface area contributed by atoms with Crippen LogP contribution in [0.3, 0.4) is 0 Å². The molecule has 2 N–H and O–H groups in total. The minimum absolute atomic E-state index is 0.0236. The van der Waals surface area contributed by atoms with Crippen LogP contribution in [0.4, 0.5) is 10.8 Å². The van der Waals surface area contributed by atoms with Crippen molar-refractivity contribution in [3.05, 3.63) is 112 Å². The highest BCUT2D eigenvalue weighted by Gasteiger charge is 2.15. The molecule has 0 spiro atoms. The number of hydrogen-bond acceptors (Lipinski definition) is 4. The molecule has 0 aliphatic rings. The molecule has 1 aromatic heterocycles. The maximum absolute atomic E-state index is 12.5. The summed E-state index contributed by atoms with van der Waals surface area (Å²) in [7, 11) is 0. The monoisotopic (exact) mass is 461 g/mol. The molecule has 1 heterocycles. The summed E-state index contributed by atoms with van der Waals surface area (Å²) >= 11 is 7.49. The molecule has 0 atom stereocenters. The standard InChI is InChI=1S/C26H24ClN3OS/c27-21-12-7-13-22(16-21)29-26-30-23(18-32-26)17-25(31)28-15-14-24(19-8-3-1-4-9-19)20-10-5-2-6-11-20/h1-13,16,18,24H,14-15,17H2,(H,28,31)(H,29,30). The second-order valence-corrected chi connectivity index (χ2v) is 8.76. The fourth-order valence-electron chi connectivity index (χ4n) is 3.61. The van der Waals surface area contributed by atoms with Gasteiger partial charge in [0.1, 0.15) is 0 Å². The Morgan fingerprint density at radius 2 is 1.62 bits per heavy atom. The Labute approximate surface area is 197 Å². The number of nitrogens with zero attached hydrogens (tertiary/aromatic N) is 1. The first-order chi connectivity index (χ1) is 15.7. The number of nitrogens with one attached hydrogen (secondary N) is 2. The number of rotatable bonds is 9. The number of thiazole rings is 1. The molecule has 6 heteroatoms. The van der Waals surface area contributed by atoms with E-state index in [0.29, 0.717) is 11.6 Å². The van der Waals surface area contributed by atoms with E-state index >= 15 is 0 Å². The van der Waals surface area contributed by atoms with Crippen LogP contribution < -0.4 is 10.6 Å². The molecular weight excluding hydrogens is 438 g/mol. The predicted molar refractivity (Wildman–Crippen MR) is 133 cm³/mol. The first-order valence-corrected chi connectivity index (χ1v) is 11.8. The molecule has 0 bridgehead atoms. The lowest BCUT2D eigenvalue weighted by molar-refractivity contribution is -0.120. The highest BCUT2D eigenvalue weighted by atomic mass is 35.5. The van der Waals surface area contributed by atoms with Gasteiger partial charge in [0.25, 0.3) is 0 Å². The van der Waals surface area contributed by atoms with Gasteiger partial charge in [0.05, 0.1) is 12.1 Å². The average Bonchev–Trinajstić information content (AvgIpc) is 3.24. The van der Waals surface area contributed by atoms with Crippen LogP contribution in [0.25, 0.3) is 0 Å². The second kappa shape index (κ2) is 10.9. The van der Waals surface area contributed by atoms with Crippen molar-refractivity contribution < 1.29 is 4.79 Å². The number of carbonyl (C=O) groups is 1. The lowest BCUT2D eigenvalue weighted by atomic mass is 9.88. The molecule has 162 valence electrons. The van der Waals surface area contributed by atoms with Gasteiger partial charge in [-0.2, -0.15) is 0 Å². The van der Waals surface area contributed by atoms with Crippen molar-refractivity contribution >= 4 is 39.7 Å². The van der Waals surface area contributed by atoms with E-state index < -0.39 is 0 Å². The van der Waals surface area contributed by atoms with Gasteiger partial charge < -0.3 is 10.6 Å². The zero-order chi connectivity index (χ0) is 22.2. The maximum atomic E-state index is 12.5. The van der Waals surface area contributed by atoms with Crippen LogP contribution in [0, 0.1) is 0 Å². The zero-order valence-electron chi connectivity index (χ0n) is 17.5. The van der Waals surface area contributed by atoms with Crippen molar-refractivity contribution in [2.24, 2.45) is 0 Å². The van der Waals surface area contributed by atoms with Crippen LogP contribution >= 0.6 is 22.9 Å². The van der Waals surface area contributed by atoms with Gasteiger partial charge in [0, 0.05) is 28.6 Å². The first-order valence-electron chi connectivity index (χ1n) is 10.5. The maximum Gasteiger partial charge on any atom is 0.226 e. The van der Waals surface area contributed by atoms with Gasteiger partial charge in [-0.05, 0) is 35.7 Å². The number of halogens is 1. The minimum atomic E-state index is -0.0236. The van der Waals surface area contributed by atoms with E-state index in [2.05, 4.69) is 64.1 Å². The molecule has 4 rings (SSSR count). The molecule has 0 fully saturated rings. The summed E-state index contributed by atoms with van der Waals surface area (Å²) in [6, 6.07) is 28.3. The Bertz CT molecular complexity index is 1110. The predicted octanol–water partition coefficient (Wildman–Crippen LogP) is 6.42. The lowest BCUT2D eigenvalue weighted by Crippen LogP contribution is -2.27. The van der Waals surface area contributed by atoms with Crippen molar-refractivity contribution in [3.63, 3.8) is 0 Å². The van der Waals surface area contributed by atoms with Crippen LogP contribution in [0.15, 0.2) is 90.3 Å². The Hall–Kier alpha value is -3.15. The summed E-state index contributed by atoms with van der Waals surface area (Å²) in [4.78, 5) is 17.0. The highest BCUT2D eigenvalue weighted by Crippen LogP contribution is 2.27. The van der Waals surface area contributed by atoms with Crippen molar-refractivity contribution in [1.82, 2.24) is 10.3 Å². The van der Waals surface area contributed by atoms with Crippen LogP contribution in [-0.4, -0.2) is 17.4 Å². The number of amides is 1. The number of carbonyl (C=O) groups excluding carboxylic acids is 1. The summed E-state index contributed by atoms with van der Waals surface area (Å²) < 4.78 is 0. The Kier molecular flexibility index (Phi) is 7.54. The fourth-order valence-corrected chi connectivity index (χ4v) is 4.54. The van der Waals surface area contributed by atoms with E-state index in [1.165, 1.54) is 22.5 Å². The molecule has 0 saturated carbocycles. The minimum Gasteiger partial charge on any atom is -0.356 e. The summed E-state index contributed by atoms with van der Waals surface area (Å²) in [5.41, 5.74) is 4.13. The molecular formula is C26H24ClN3OS. The van der Waals surface area contributed by atoms with Crippen molar-refractivity contribution in [1.29, 1.82) is 0 Å². The Morgan fingerprint density at radius 3 is 2.28 bits per heavy atom. The second-order valence-electron chi connectivity index (χ2n) is 7.47. The van der Waals surface area contributed by atoms with Crippen molar-refractivity contribution in [2.75, 3.05) is 11.9 Å². The molecule has 0 radical (unpaired) electrons. The average molecular weight is 462 g/mol. The summed E-state index contributed by atoms with van der Waals surface area (Å²) in [6.45, 7) is 0.602. The number of aromatic nitrogens is 1. The summed E-state index contributed by atoms with van der Waals surface area (Å²) in [5, 5.41) is 9.59. The Morgan fingerprint density at radius 1 is 0.938 bits per heavy atom. The SMILES string of the molecule is O=C(Cc1csc(Nc2cccc(Cl)c2)n1)NCCC(c1ccccc1)c1ccccc1. The lowest BCUT2D eigenvalue weighted by Gasteiger charge is -2.18. The van der Waals surface area contributed by atoms with Crippen molar-refractivity contribution in [2.45, 2.75) is 18.8 Å². The number of benzene rings is 3. The molecule has 3 aromatic carbocycles. The number of anilines is 2. The number of hydrogen-bond donors (Lipinski definition) is 2. The van der Waals surface area contributed by atoms with Gasteiger partial charge in [0.15, 0.2) is 5.13 Å². The third-order valence-electron chi connectivity index (χ3n) is 5.13. The molecule has 4 aromatic rings. The van der Waals surface area contributed by atoms with Gasteiger partial charge in [-0.3, -0.25) is 4.79 Å². The van der Waals surface area contributed by atoms with Gasteiger partial charge in [-0.25, -0.2) is 4.98 Å². The normalized spacial score (nSPS) is 10.8. The van der Waals surface area contributed by atoms with Gasteiger partial charge in [-0.1, -0.05) is 78.3 Å². The van der Waals surface area contributed by atoms with Crippen molar-refractivity contribution in [3.8, 4) is 0 Å². The zero-order valence-corrected chi connectivity index (χ0v) is 19.1. The summed E-state index contributed by atoms with van der Waals surface area (Å²) in [6.07, 6.45) is 1.09. The Balaban J connectivity index is 1.31. The van der Waals surface area contributed by atoms with Crippen LogP contribution in [0.5, 0.6) is 0 Å². The third-order valence-corrected chi connectivity index (χ3v) is 6.17.